The predicted molar refractivity (Wildman–Crippen MR) is 87.5 cm³/mol. The Morgan fingerprint density at radius 3 is 2.52 bits per heavy atom. The van der Waals surface area contributed by atoms with Crippen LogP contribution in [0.4, 0.5) is 0 Å². The first-order valence-electron chi connectivity index (χ1n) is 7.31. The first kappa shape index (κ1) is 15.2. The molecule has 1 atom stereocenters. The van der Waals surface area contributed by atoms with Crippen molar-refractivity contribution in [2.24, 2.45) is 0 Å². The smallest absolute Gasteiger partial charge is 0.356 e. The van der Waals surface area contributed by atoms with Gasteiger partial charge in [-0.1, -0.05) is 24.3 Å². The molecule has 0 fully saturated rings. The molecule has 0 aliphatic rings. The summed E-state index contributed by atoms with van der Waals surface area (Å²) in [4.78, 5) is 17.4. The van der Waals surface area contributed by atoms with Gasteiger partial charge < -0.3 is 10.0 Å². The highest BCUT2D eigenvalue weighted by Crippen LogP contribution is 2.23. The number of fused-ring (bicyclic) bond motifs is 1. The second-order valence-electron chi connectivity index (χ2n) is 5.74. The lowest BCUT2D eigenvalue weighted by Crippen LogP contribution is -2.16. The molecular weight excluding hydrogens is 292 g/mol. The highest BCUT2D eigenvalue weighted by molar-refractivity contribution is 5.86. The Kier molecular flexibility index (Phi) is 3.83. The molecule has 2 heterocycles. The molecule has 0 aliphatic heterocycles. The van der Waals surface area contributed by atoms with Crippen LogP contribution in [0.15, 0.2) is 42.7 Å². The molecule has 118 valence electrons. The summed E-state index contributed by atoms with van der Waals surface area (Å²) in [5.41, 5.74) is 3.65. The predicted octanol–water partition coefficient (Wildman–Crippen LogP) is 2.72. The Labute approximate surface area is 134 Å². The van der Waals surface area contributed by atoms with Crippen LogP contribution in [0, 0.1) is 0 Å². The Balaban J connectivity index is 1.95. The lowest BCUT2D eigenvalue weighted by molar-refractivity contribution is 0.0690. The molecule has 0 aliphatic carbocycles. The summed E-state index contributed by atoms with van der Waals surface area (Å²) in [7, 11) is 4.10. The lowest BCUT2D eigenvalue weighted by atomic mass is 10.0. The average Bonchev–Trinajstić information content (AvgIpc) is 2.97. The first-order chi connectivity index (χ1) is 11.0. The van der Waals surface area contributed by atoms with Crippen LogP contribution < -0.4 is 0 Å². The lowest BCUT2D eigenvalue weighted by Gasteiger charge is -2.20. The maximum Gasteiger partial charge on any atom is 0.356 e. The quantitative estimate of drug-likeness (QED) is 0.802. The van der Waals surface area contributed by atoms with Gasteiger partial charge in [-0.2, -0.15) is 5.10 Å². The zero-order valence-electron chi connectivity index (χ0n) is 13.3. The summed E-state index contributed by atoms with van der Waals surface area (Å²) in [5.74, 6) is -1.06. The summed E-state index contributed by atoms with van der Waals surface area (Å²) >= 11 is 0. The van der Waals surface area contributed by atoms with Crippen LogP contribution >= 0.6 is 0 Å². The SMILES string of the molecule is CC(c1ccc(-c2cnc3cc(C(=O)O)nn3c2)cc1)N(C)C. The summed E-state index contributed by atoms with van der Waals surface area (Å²) in [6.45, 7) is 2.15. The maximum absolute atomic E-state index is 11.0. The van der Waals surface area contributed by atoms with Crippen LogP contribution in [0.2, 0.25) is 0 Å². The van der Waals surface area contributed by atoms with Gasteiger partial charge in [0.15, 0.2) is 11.3 Å². The molecule has 0 spiro atoms. The molecule has 3 aromatic rings. The van der Waals surface area contributed by atoms with Gasteiger partial charge in [-0.3, -0.25) is 0 Å². The molecular formula is C17H18N4O2. The van der Waals surface area contributed by atoms with Crippen LogP contribution in [-0.4, -0.2) is 44.7 Å². The van der Waals surface area contributed by atoms with Crippen molar-refractivity contribution in [2.45, 2.75) is 13.0 Å². The van der Waals surface area contributed by atoms with Crippen molar-refractivity contribution in [3.8, 4) is 11.1 Å². The number of rotatable bonds is 4. The number of aromatic carboxylic acids is 1. The number of carboxylic acids is 1. The van der Waals surface area contributed by atoms with E-state index in [9.17, 15) is 4.79 Å². The molecule has 1 unspecified atom stereocenters. The largest absolute Gasteiger partial charge is 0.476 e. The highest BCUT2D eigenvalue weighted by Gasteiger charge is 2.11. The van der Waals surface area contributed by atoms with Crippen molar-refractivity contribution in [1.29, 1.82) is 0 Å². The minimum absolute atomic E-state index is 0.00944. The molecule has 2 aromatic heterocycles. The molecule has 0 saturated carbocycles. The van der Waals surface area contributed by atoms with E-state index in [1.165, 1.54) is 16.1 Å². The van der Waals surface area contributed by atoms with E-state index in [0.717, 1.165) is 11.1 Å². The van der Waals surface area contributed by atoms with Crippen LogP contribution in [0.3, 0.4) is 0 Å². The van der Waals surface area contributed by atoms with Crippen LogP contribution in [0.1, 0.15) is 29.0 Å². The van der Waals surface area contributed by atoms with E-state index in [4.69, 9.17) is 5.11 Å². The fourth-order valence-electron chi connectivity index (χ4n) is 2.38. The van der Waals surface area contributed by atoms with Gasteiger partial charge in [0.1, 0.15) is 0 Å². The fourth-order valence-corrected chi connectivity index (χ4v) is 2.38. The molecule has 0 radical (unpaired) electrons. The third-order valence-corrected chi connectivity index (χ3v) is 4.03. The van der Waals surface area contributed by atoms with Crippen molar-refractivity contribution in [3.63, 3.8) is 0 Å². The minimum Gasteiger partial charge on any atom is -0.476 e. The van der Waals surface area contributed by atoms with Crippen LogP contribution in [0.25, 0.3) is 16.8 Å². The molecule has 6 nitrogen and oxygen atoms in total. The van der Waals surface area contributed by atoms with E-state index in [1.54, 1.807) is 12.4 Å². The second-order valence-corrected chi connectivity index (χ2v) is 5.74. The van der Waals surface area contributed by atoms with Gasteiger partial charge in [-0.25, -0.2) is 14.3 Å². The number of aromatic nitrogens is 3. The molecule has 23 heavy (non-hydrogen) atoms. The molecule has 1 N–H and O–H groups in total. The number of hydrogen-bond donors (Lipinski definition) is 1. The van der Waals surface area contributed by atoms with Crippen molar-refractivity contribution < 1.29 is 9.90 Å². The van der Waals surface area contributed by atoms with Crippen molar-refractivity contribution in [2.75, 3.05) is 14.1 Å². The first-order valence-corrected chi connectivity index (χ1v) is 7.31. The van der Waals surface area contributed by atoms with Gasteiger partial charge in [0.2, 0.25) is 0 Å². The monoisotopic (exact) mass is 310 g/mol. The van der Waals surface area contributed by atoms with Gasteiger partial charge in [-0.15, -0.1) is 0 Å². The third-order valence-electron chi connectivity index (χ3n) is 4.03. The van der Waals surface area contributed by atoms with Gasteiger partial charge in [0.25, 0.3) is 0 Å². The summed E-state index contributed by atoms with van der Waals surface area (Å²) < 4.78 is 1.50. The maximum atomic E-state index is 11.0. The van der Waals surface area contributed by atoms with Gasteiger partial charge in [0.05, 0.1) is 0 Å². The minimum atomic E-state index is -1.06. The normalized spacial score (nSPS) is 12.7. The van der Waals surface area contributed by atoms with E-state index in [0.29, 0.717) is 11.7 Å². The summed E-state index contributed by atoms with van der Waals surface area (Å²) in [6, 6.07) is 10.1. The zero-order chi connectivity index (χ0) is 16.6. The number of nitrogens with zero attached hydrogens (tertiary/aromatic N) is 4. The number of carbonyl (C=O) groups is 1. The number of benzene rings is 1. The Bertz CT molecular complexity index is 853. The molecule has 0 bridgehead atoms. The third kappa shape index (κ3) is 2.93. The van der Waals surface area contributed by atoms with E-state index in [2.05, 4.69) is 34.0 Å². The zero-order valence-corrected chi connectivity index (χ0v) is 13.3. The van der Waals surface area contributed by atoms with E-state index in [1.807, 2.05) is 26.2 Å². The van der Waals surface area contributed by atoms with E-state index >= 15 is 0 Å². The Morgan fingerprint density at radius 1 is 1.22 bits per heavy atom. The highest BCUT2D eigenvalue weighted by atomic mass is 16.4. The summed E-state index contributed by atoms with van der Waals surface area (Å²) in [5, 5.41) is 13.0. The molecule has 0 saturated heterocycles. The van der Waals surface area contributed by atoms with Crippen molar-refractivity contribution in [3.05, 3.63) is 54.0 Å². The topological polar surface area (TPSA) is 70.7 Å². The molecule has 0 amide bonds. The number of carboxylic acid groups (broad SMARTS) is 1. The van der Waals surface area contributed by atoms with Crippen molar-refractivity contribution >= 4 is 11.6 Å². The van der Waals surface area contributed by atoms with E-state index in [-0.39, 0.29) is 5.69 Å². The molecule has 3 rings (SSSR count). The average molecular weight is 310 g/mol. The Hall–Kier alpha value is -2.73. The van der Waals surface area contributed by atoms with E-state index < -0.39 is 5.97 Å². The molecule has 6 heteroatoms. The summed E-state index contributed by atoms with van der Waals surface area (Å²) in [6.07, 6.45) is 3.52. The van der Waals surface area contributed by atoms with Gasteiger partial charge >= 0.3 is 5.97 Å². The van der Waals surface area contributed by atoms with Gasteiger partial charge in [-0.05, 0) is 32.1 Å². The van der Waals surface area contributed by atoms with Gasteiger partial charge in [0, 0.05) is 30.1 Å². The fraction of sp³-hybridized carbons (Fsp3) is 0.235. The molecule has 1 aromatic carbocycles. The van der Waals surface area contributed by atoms with Crippen LogP contribution in [-0.2, 0) is 0 Å². The standard InChI is InChI=1S/C17H18N4O2/c1-11(20(2)3)12-4-6-13(7-5-12)14-9-18-16-8-15(17(22)23)19-21(16)10-14/h4-11H,1-3H3,(H,22,23). The van der Waals surface area contributed by atoms with Crippen LogP contribution in [0.5, 0.6) is 0 Å². The second kappa shape index (κ2) is 5.81. The van der Waals surface area contributed by atoms with Crippen molar-refractivity contribution in [1.82, 2.24) is 19.5 Å². The number of hydrogen-bond acceptors (Lipinski definition) is 4. The Morgan fingerprint density at radius 2 is 1.91 bits per heavy atom.